The van der Waals surface area contributed by atoms with Crippen LogP contribution in [0.3, 0.4) is 0 Å². The van der Waals surface area contributed by atoms with Gasteiger partial charge in [-0.25, -0.2) is 0 Å². The summed E-state index contributed by atoms with van der Waals surface area (Å²) in [5.41, 5.74) is 2.63. The summed E-state index contributed by atoms with van der Waals surface area (Å²) in [5.74, 6) is 0. The van der Waals surface area contributed by atoms with E-state index in [0.29, 0.717) is 11.6 Å². The molecular weight excluding hydrogens is 316 g/mol. The molecule has 1 atom stereocenters. The third-order valence-corrected chi connectivity index (χ3v) is 3.92. The maximum absolute atomic E-state index is 10.2. The molecule has 96 valence electrons. The molecule has 2 aromatic rings. The molecular formula is C13H14BrClN2O. The van der Waals surface area contributed by atoms with Crippen molar-refractivity contribution in [3.8, 4) is 0 Å². The standard InChI is InChI=1S/C13H14BrClN2O/c1-8-11(13(15)17(2)16-8)7-12(18)9-3-5-10(14)6-4-9/h3-6,12,18H,7H2,1-2H3. The summed E-state index contributed by atoms with van der Waals surface area (Å²) >= 11 is 9.52. The average molecular weight is 330 g/mol. The number of aliphatic hydroxyl groups is 1. The molecule has 0 aliphatic carbocycles. The summed E-state index contributed by atoms with van der Waals surface area (Å²) in [6, 6.07) is 7.62. The van der Waals surface area contributed by atoms with Crippen LogP contribution in [0.2, 0.25) is 5.15 Å². The molecule has 0 saturated heterocycles. The molecule has 1 heterocycles. The fraction of sp³-hybridized carbons (Fsp3) is 0.308. The van der Waals surface area contributed by atoms with Gasteiger partial charge in [-0.15, -0.1) is 0 Å². The molecule has 0 spiro atoms. The van der Waals surface area contributed by atoms with Gasteiger partial charge in [-0.3, -0.25) is 4.68 Å². The molecule has 5 heteroatoms. The van der Waals surface area contributed by atoms with Gasteiger partial charge in [-0.2, -0.15) is 5.10 Å². The Morgan fingerprint density at radius 1 is 1.39 bits per heavy atom. The van der Waals surface area contributed by atoms with Gasteiger partial charge >= 0.3 is 0 Å². The number of hydrogen-bond acceptors (Lipinski definition) is 2. The van der Waals surface area contributed by atoms with Crippen LogP contribution in [0.5, 0.6) is 0 Å². The lowest BCUT2D eigenvalue weighted by Gasteiger charge is -2.11. The third kappa shape index (κ3) is 2.76. The molecule has 1 N–H and O–H groups in total. The number of aromatic nitrogens is 2. The highest BCUT2D eigenvalue weighted by molar-refractivity contribution is 9.10. The molecule has 0 amide bonds. The van der Waals surface area contributed by atoms with E-state index in [0.717, 1.165) is 21.3 Å². The van der Waals surface area contributed by atoms with E-state index in [9.17, 15) is 5.11 Å². The quantitative estimate of drug-likeness (QED) is 0.937. The third-order valence-electron chi connectivity index (χ3n) is 2.92. The smallest absolute Gasteiger partial charge is 0.130 e. The van der Waals surface area contributed by atoms with Crippen LogP contribution in [-0.4, -0.2) is 14.9 Å². The van der Waals surface area contributed by atoms with Crippen LogP contribution in [0.15, 0.2) is 28.7 Å². The highest BCUT2D eigenvalue weighted by atomic mass is 79.9. The lowest BCUT2D eigenvalue weighted by atomic mass is 10.0. The Bertz CT molecular complexity index is 551. The summed E-state index contributed by atoms with van der Waals surface area (Å²) in [4.78, 5) is 0. The average Bonchev–Trinajstić information content (AvgIpc) is 2.57. The van der Waals surface area contributed by atoms with E-state index in [-0.39, 0.29) is 0 Å². The van der Waals surface area contributed by atoms with Crippen molar-refractivity contribution >= 4 is 27.5 Å². The van der Waals surface area contributed by atoms with Crippen molar-refractivity contribution in [2.24, 2.45) is 7.05 Å². The van der Waals surface area contributed by atoms with Crippen LogP contribution in [-0.2, 0) is 13.5 Å². The van der Waals surface area contributed by atoms with Gasteiger partial charge in [0.25, 0.3) is 0 Å². The zero-order valence-electron chi connectivity index (χ0n) is 10.2. The van der Waals surface area contributed by atoms with Crippen LogP contribution >= 0.6 is 27.5 Å². The Kier molecular flexibility index (Phi) is 4.10. The van der Waals surface area contributed by atoms with Gasteiger partial charge in [0, 0.05) is 23.5 Å². The van der Waals surface area contributed by atoms with Crippen molar-refractivity contribution in [2.45, 2.75) is 19.4 Å². The van der Waals surface area contributed by atoms with E-state index in [1.165, 1.54) is 0 Å². The van der Waals surface area contributed by atoms with Gasteiger partial charge in [0.1, 0.15) is 5.15 Å². The van der Waals surface area contributed by atoms with Crippen LogP contribution in [0.25, 0.3) is 0 Å². The Balaban J connectivity index is 2.21. The number of hydrogen-bond donors (Lipinski definition) is 1. The van der Waals surface area contributed by atoms with E-state index in [1.54, 1.807) is 11.7 Å². The number of aliphatic hydroxyl groups excluding tert-OH is 1. The van der Waals surface area contributed by atoms with Gasteiger partial charge in [-0.05, 0) is 24.6 Å². The summed E-state index contributed by atoms with van der Waals surface area (Å²) < 4.78 is 2.62. The number of halogens is 2. The lowest BCUT2D eigenvalue weighted by Crippen LogP contribution is -2.02. The molecule has 0 fully saturated rings. The van der Waals surface area contributed by atoms with Crippen molar-refractivity contribution in [2.75, 3.05) is 0 Å². The minimum absolute atomic E-state index is 0.472. The van der Waals surface area contributed by atoms with E-state index in [4.69, 9.17) is 11.6 Å². The van der Waals surface area contributed by atoms with E-state index in [2.05, 4.69) is 21.0 Å². The molecule has 18 heavy (non-hydrogen) atoms. The van der Waals surface area contributed by atoms with Crippen molar-refractivity contribution in [1.82, 2.24) is 9.78 Å². The molecule has 0 saturated carbocycles. The maximum atomic E-state index is 10.2. The first kappa shape index (κ1) is 13.6. The fourth-order valence-corrected chi connectivity index (χ4v) is 2.42. The molecule has 2 rings (SSSR count). The first-order valence-electron chi connectivity index (χ1n) is 5.60. The molecule has 0 aliphatic heterocycles. The zero-order valence-corrected chi connectivity index (χ0v) is 12.5. The predicted octanol–water partition coefficient (Wildman–Crippen LogP) is 3.42. The minimum atomic E-state index is -0.571. The molecule has 0 radical (unpaired) electrons. The Labute approximate surface area is 120 Å². The fourth-order valence-electron chi connectivity index (χ4n) is 1.90. The minimum Gasteiger partial charge on any atom is -0.388 e. The van der Waals surface area contributed by atoms with Crippen molar-refractivity contribution in [3.63, 3.8) is 0 Å². The number of benzene rings is 1. The number of aryl methyl sites for hydroxylation is 2. The molecule has 0 bridgehead atoms. The number of nitrogens with zero attached hydrogens (tertiary/aromatic N) is 2. The van der Waals surface area contributed by atoms with Crippen LogP contribution in [0.4, 0.5) is 0 Å². The van der Waals surface area contributed by atoms with Crippen molar-refractivity contribution < 1.29 is 5.11 Å². The van der Waals surface area contributed by atoms with Crippen molar-refractivity contribution in [3.05, 3.63) is 50.7 Å². The summed E-state index contributed by atoms with van der Waals surface area (Å²) in [6.07, 6.45) is -0.0985. The lowest BCUT2D eigenvalue weighted by molar-refractivity contribution is 0.178. The van der Waals surface area contributed by atoms with E-state index >= 15 is 0 Å². The van der Waals surface area contributed by atoms with Crippen LogP contribution in [0.1, 0.15) is 22.9 Å². The summed E-state index contributed by atoms with van der Waals surface area (Å²) in [7, 11) is 1.80. The molecule has 0 aliphatic rings. The SMILES string of the molecule is Cc1nn(C)c(Cl)c1CC(O)c1ccc(Br)cc1. The Hall–Kier alpha value is -0.840. The monoisotopic (exact) mass is 328 g/mol. The van der Waals surface area contributed by atoms with Gasteiger partial charge in [-0.1, -0.05) is 39.7 Å². The topological polar surface area (TPSA) is 38.0 Å². The second-order valence-corrected chi connectivity index (χ2v) is 5.52. The van der Waals surface area contributed by atoms with Crippen LogP contribution in [0, 0.1) is 6.92 Å². The first-order valence-corrected chi connectivity index (χ1v) is 6.77. The van der Waals surface area contributed by atoms with Crippen LogP contribution < -0.4 is 0 Å². The normalized spacial score (nSPS) is 12.7. The highest BCUT2D eigenvalue weighted by Crippen LogP contribution is 2.26. The zero-order chi connectivity index (χ0) is 13.3. The van der Waals surface area contributed by atoms with E-state index < -0.39 is 6.10 Å². The second kappa shape index (κ2) is 5.43. The molecule has 1 unspecified atom stereocenters. The van der Waals surface area contributed by atoms with Gasteiger partial charge in [0.2, 0.25) is 0 Å². The van der Waals surface area contributed by atoms with E-state index in [1.807, 2.05) is 31.2 Å². The predicted molar refractivity (Wildman–Crippen MR) is 75.8 cm³/mol. The molecule has 1 aromatic carbocycles. The largest absolute Gasteiger partial charge is 0.388 e. The van der Waals surface area contributed by atoms with Gasteiger partial charge in [0.05, 0.1) is 11.8 Å². The molecule has 1 aromatic heterocycles. The summed E-state index contributed by atoms with van der Waals surface area (Å²) in [6.45, 7) is 1.90. The maximum Gasteiger partial charge on any atom is 0.130 e. The second-order valence-electron chi connectivity index (χ2n) is 4.25. The van der Waals surface area contributed by atoms with Gasteiger partial charge < -0.3 is 5.11 Å². The number of rotatable bonds is 3. The highest BCUT2D eigenvalue weighted by Gasteiger charge is 2.16. The Morgan fingerprint density at radius 3 is 2.50 bits per heavy atom. The summed E-state index contributed by atoms with van der Waals surface area (Å²) in [5, 5.41) is 15.0. The van der Waals surface area contributed by atoms with Gasteiger partial charge in [0.15, 0.2) is 0 Å². The first-order chi connectivity index (χ1) is 8.49. The Morgan fingerprint density at radius 2 is 2.00 bits per heavy atom. The molecule has 3 nitrogen and oxygen atoms in total. The van der Waals surface area contributed by atoms with Crippen molar-refractivity contribution in [1.29, 1.82) is 0 Å².